The molecule has 0 saturated carbocycles. The van der Waals surface area contributed by atoms with Gasteiger partial charge in [-0.3, -0.25) is 14.8 Å². The molecule has 0 bridgehead atoms. The number of benzene rings is 1. The number of thioether (sulfide) groups is 1. The van der Waals surface area contributed by atoms with Crippen molar-refractivity contribution in [1.82, 2.24) is 24.5 Å². The van der Waals surface area contributed by atoms with E-state index in [1.54, 1.807) is 24.3 Å². The van der Waals surface area contributed by atoms with Crippen molar-refractivity contribution in [1.29, 1.82) is 0 Å². The summed E-state index contributed by atoms with van der Waals surface area (Å²) in [5.74, 6) is 1.78. The van der Waals surface area contributed by atoms with Crippen molar-refractivity contribution < 1.29 is 9.66 Å². The molecule has 0 unspecified atom stereocenters. The van der Waals surface area contributed by atoms with Crippen LogP contribution in [0.5, 0.6) is 5.75 Å². The Balaban J connectivity index is 1.63. The maximum atomic E-state index is 10.7. The molecule has 0 aliphatic heterocycles. The van der Waals surface area contributed by atoms with Crippen LogP contribution >= 0.6 is 23.4 Å². The van der Waals surface area contributed by atoms with Gasteiger partial charge in [0.15, 0.2) is 11.0 Å². The molecule has 0 aliphatic carbocycles. The molecule has 0 amide bonds. The minimum Gasteiger partial charge on any atom is -0.486 e. The Kier molecular flexibility index (Phi) is 5.74. The van der Waals surface area contributed by atoms with Crippen LogP contribution in [-0.2, 0) is 19.0 Å². The fourth-order valence-electron chi connectivity index (χ4n) is 2.17. The standard InChI is InChI=1S/C15H15ClN6O3S/c1-2-21-14(9-25-13-5-3-11(16)4-6-13)18-19-15(21)26-10-20-8-12(7-17-20)22(23)24/h3-8H,2,9-10H2,1H3. The molecule has 2 heterocycles. The number of halogens is 1. The van der Waals surface area contributed by atoms with E-state index in [-0.39, 0.29) is 12.3 Å². The van der Waals surface area contributed by atoms with Crippen molar-refractivity contribution in [3.63, 3.8) is 0 Å². The Morgan fingerprint density at radius 2 is 2.08 bits per heavy atom. The van der Waals surface area contributed by atoms with Gasteiger partial charge in [-0.25, -0.2) is 0 Å². The average molecular weight is 395 g/mol. The van der Waals surface area contributed by atoms with Crippen LogP contribution in [0, 0.1) is 10.1 Å². The van der Waals surface area contributed by atoms with Gasteiger partial charge in [-0.15, -0.1) is 10.2 Å². The Hall–Kier alpha value is -2.59. The van der Waals surface area contributed by atoms with Gasteiger partial charge < -0.3 is 9.30 Å². The van der Waals surface area contributed by atoms with Crippen molar-refractivity contribution in [3.05, 3.63) is 57.6 Å². The van der Waals surface area contributed by atoms with Gasteiger partial charge in [0.2, 0.25) is 0 Å². The van der Waals surface area contributed by atoms with Crippen LogP contribution in [0.4, 0.5) is 5.69 Å². The van der Waals surface area contributed by atoms with Crippen molar-refractivity contribution in [2.45, 2.75) is 31.1 Å². The van der Waals surface area contributed by atoms with E-state index in [1.807, 2.05) is 11.5 Å². The number of nitrogens with zero attached hydrogens (tertiary/aromatic N) is 6. The molecular formula is C15H15ClN6O3S. The minimum absolute atomic E-state index is 0.0420. The summed E-state index contributed by atoms with van der Waals surface area (Å²) in [6.45, 7) is 2.93. The van der Waals surface area contributed by atoms with E-state index in [9.17, 15) is 10.1 Å². The summed E-state index contributed by atoms with van der Waals surface area (Å²) >= 11 is 7.24. The van der Waals surface area contributed by atoms with E-state index in [0.717, 1.165) is 0 Å². The lowest BCUT2D eigenvalue weighted by Crippen LogP contribution is -2.07. The van der Waals surface area contributed by atoms with E-state index in [2.05, 4.69) is 15.3 Å². The summed E-state index contributed by atoms with van der Waals surface area (Å²) < 4.78 is 9.13. The van der Waals surface area contributed by atoms with Gasteiger partial charge in [0.05, 0.1) is 10.8 Å². The van der Waals surface area contributed by atoms with Crippen molar-refractivity contribution in [3.8, 4) is 5.75 Å². The fourth-order valence-corrected chi connectivity index (χ4v) is 3.17. The van der Waals surface area contributed by atoms with Crippen LogP contribution in [0.1, 0.15) is 12.7 Å². The molecule has 0 saturated heterocycles. The first kappa shape index (κ1) is 18.2. The van der Waals surface area contributed by atoms with E-state index in [4.69, 9.17) is 16.3 Å². The zero-order valence-electron chi connectivity index (χ0n) is 13.8. The Labute approximate surface area is 158 Å². The number of hydrogen-bond acceptors (Lipinski definition) is 7. The summed E-state index contributed by atoms with van der Waals surface area (Å²) in [5.41, 5.74) is -0.0420. The number of aromatic nitrogens is 5. The first-order valence-corrected chi connectivity index (χ1v) is 9.03. The van der Waals surface area contributed by atoms with E-state index in [0.29, 0.717) is 34.2 Å². The molecule has 3 rings (SSSR count). The van der Waals surface area contributed by atoms with Gasteiger partial charge in [0, 0.05) is 11.6 Å². The molecular weight excluding hydrogens is 380 g/mol. The van der Waals surface area contributed by atoms with E-state index in [1.165, 1.54) is 28.8 Å². The second kappa shape index (κ2) is 8.19. The van der Waals surface area contributed by atoms with E-state index >= 15 is 0 Å². The van der Waals surface area contributed by atoms with Gasteiger partial charge in [-0.1, -0.05) is 23.4 Å². The molecule has 0 spiro atoms. The first-order chi connectivity index (χ1) is 12.6. The predicted molar refractivity (Wildman–Crippen MR) is 96.2 cm³/mol. The molecule has 1 aromatic carbocycles. The van der Waals surface area contributed by atoms with Crippen LogP contribution in [-0.4, -0.2) is 29.5 Å². The largest absolute Gasteiger partial charge is 0.486 e. The topological polar surface area (TPSA) is 101 Å². The van der Waals surface area contributed by atoms with Crippen LogP contribution in [0.2, 0.25) is 5.02 Å². The number of nitro groups is 1. The number of rotatable bonds is 8. The lowest BCUT2D eigenvalue weighted by Gasteiger charge is -2.09. The molecule has 3 aromatic rings. The summed E-state index contributed by atoms with van der Waals surface area (Å²) in [4.78, 5) is 10.2. The van der Waals surface area contributed by atoms with Crippen LogP contribution in [0.3, 0.4) is 0 Å². The predicted octanol–water partition coefficient (Wildman–Crippen LogP) is 3.38. The molecule has 26 heavy (non-hydrogen) atoms. The van der Waals surface area contributed by atoms with Gasteiger partial charge >= 0.3 is 5.69 Å². The van der Waals surface area contributed by atoms with Crippen LogP contribution in [0.25, 0.3) is 0 Å². The quantitative estimate of drug-likeness (QED) is 0.328. The highest BCUT2D eigenvalue weighted by atomic mass is 35.5. The molecule has 0 fully saturated rings. The summed E-state index contributed by atoms with van der Waals surface area (Å²) in [6, 6.07) is 7.09. The molecule has 11 heteroatoms. The zero-order chi connectivity index (χ0) is 18.5. The highest BCUT2D eigenvalue weighted by molar-refractivity contribution is 7.98. The molecule has 0 aliphatic rings. The molecule has 0 radical (unpaired) electrons. The molecule has 0 N–H and O–H groups in total. The highest BCUT2D eigenvalue weighted by Gasteiger charge is 2.14. The molecule has 0 atom stereocenters. The maximum Gasteiger partial charge on any atom is 0.307 e. The van der Waals surface area contributed by atoms with Gasteiger partial charge in [0.25, 0.3) is 0 Å². The van der Waals surface area contributed by atoms with Gasteiger partial charge in [-0.2, -0.15) is 5.10 Å². The van der Waals surface area contributed by atoms with Crippen molar-refractivity contribution in [2.24, 2.45) is 0 Å². The zero-order valence-corrected chi connectivity index (χ0v) is 15.4. The van der Waals surface area contributed by atoms with Crippen molar-refractivity contribution >= 4 is 29.1 Å². The van der Waals surface area contributed by atoms with Crippen molar-refractivity contribution in [2.75, 3.05) is 0 Å². The maximum absolute atomic E-state index is 10.7. The lowest BCUT2D eigenvalue weighted by atomic mass is 10.3. The second-order valence-electron chi connectivity index (χ2n) is 5.15. The second-order valence-corrected chi connectivity index (χ2v) is 6.50. The SMILES string of the molecule is CCn1c(COc2ccc(Cl)cc2)nnc1SCn1cc([N+](=O)[O-])cn1. The normalized spacial score (nSPS) is 10.8. The first-order valence-electron chi connectivity index (χ1n) is 7.67. The summed E-state index contributed by atoms with van der Waals surface area (Å²) in [6.07, 6.45) is 2.60. The third-order valence-corrected chi connectivity index (χ3v) is 4.65. The number of ether oxygens (including phenoxy) is 1. The number of hydrogen-bond donors (Lipinski definition) is 0. The third kappa shape index (κ3) is 4.33. The highest BCUT2D eigenvalue weighted by Crippen LogP contribution is 2.21. The fraction of sp³-hybridized carbons (Fsp3) is 0.267. The van der Waals surface area contributed by atoms with E-state index < -0.39 is 4.92 Å². The molecule has 136 valence electrons. The summed E-state index contributed by atoms with van der Waals surface area (Å²) in [7, 11) is 0. The van der Waals surface area contributed by atoms with Gasteiger partial charge in [-0.05, 0) is 31.2 Å². The molecule has 2 aromatic heterocycles. The lowest BCUT2D eigenvalue weighted by molar-refractivity contribution is -0.385. The smallest absolute Gasteiger partial charge is 0.307 e. The minimum atomic E-state index is -0.477. The third-order valence-electron chi connectivity index (χ3n) is 3.45. The Morgan fingerprint density at radius 1 is 1.31 bits per heavy atom. The Morgan fingerprint density at radius 3 is 2.73 bits per heavy atom. The monoisotopic (exact) mass is 394 g/mol. The average Bonchev–Trinajstić information content (AvgIpc) is 3.26. The summed E-state index contributed by atoms with van der Waals surface area (Å²) in [5, 5.41) is 24.3. The van der Waals surface area contributed by atoms with Gasteiger partial charge in [0.1, 0.15) is 24.8 Å². The van der Waals surface area contributed by atoms with Crippen LogP contribution < -0.4 is 4.74 Å². The Bertz CT molecular complexity index is 895. The van der Waals surface area contributed by atoms with Crippen LogP contribution in [0.15, 0.2) is 41.8 Å². The molecule has 9 nitrogen and oxygen atoms in total.